The Morgan fingerprint density at radius 3 is 2.95 bits per heavy atom. The maximum atomic E-state index is 11.5. The van der Waals surface area contributed by atoms with Crippen molar-refractivity contribution in [3.8, 4) is 0 Å². The Balaban J connectivity index is 2.25. The molecule has 1 aromatic heterocycles. The first-order chi connectivity index (χ1) is 9.15. The number of hydrogen-bond acceptors (Lipinski definition) is 4. The van der Waals surface area contributed by atoms with Crippen LogP contribution in [0.25, 0.3) is 0 Å². The van der Waals surface area contributed by atoms with Gasteiger partial charge in [-0.05, 0) is 17.9 Å². The summed E-state index contributed by atoms with van der Waals surface area (Å²) < 4.78 is 5.22. The van der Waals surface area contributed by atoms with Gasteiger partial charge in [0.15, 0.2) is 0 Å². The highest BCUT2D eigenvalue weighted by Gasteiger charge is 2.13. The van der Waals surface area contributed by atoms with Gasteiger partial charge in [-0.25, -0.2) is 9.59 Å². The van der Waals surface area contributed by atoms with Crippen LogP contribution in [0.3, 0.4) is 0 Å². The average Bonchev–Trinajstić information content (AvgIpc) is 2.81. The molecule has 0 aliphatic carbocycles. The van der Waals surface area contributed by atoms with Crippen LogP contribution < -0.4 is 10.6 Å². The van der Waals surface area contributed by atoms with E-state index in [0.717, 1.165) is 17.8 Å². The molecule has 0 unspecified atom stereocenters. The fourth-order valence-electron chi connectivity index (χ4n) is 1.23. The van der Waals surface area contributed by atoms with E-state index in [-0.39, 0.29) is 5.56 Å². The summed E-state index contributed by atoms with van der Waals surface area (Å²) in [4.78, 5) is 22.3. The van der Waals surface area contributed by atoms with E-state index in [9.17, 15) is 9.59 Å². The van der Waals surface area contributed by atoms with Gasteiger partial charge in [-0.15, -0.1) is 17.9 Å². The summed E-state index contributed by atoms with van der Waals surface area (Å²) in [7, 11) is 0. The van der Waals surface area contributed by atoms with Crippen molar-refractivity contribution in [1.29, 1.82) is 0 Å². The van der Waals surface area contributed by atoms with Gasteiger partial charge in [-0.2, -0.15) is 0 Å². The third-order valence-corrected chi connectivity index (χ3v) is 2.95. The van der Waals surface area contributed by atoms with Gasteiger partial charge >= 0.3 is 12.0 Å². The van der Waals surface area contributed by atoms with Gasteiger partial charge in [0.2, 0.25) is 0 Å². The normalized spacial score (nSPS) is 9.89. The number of carbonyl (C=O) groups is 2. The zero-order valence-electron chi connectivity index (χ0n) is 10.3. The molecule has 3 N–H and O–H groups in total. The number of carboxylic acids is 1. The lowest BCUT2D eigenvalue weighted by atomic mass is 10.3. The molecule has 0 aromatic carbocycles. The second-order valence-electron chi connectivity index (χ2n) is 3.54. The molecule has 104 valence electrons. The molecule has 1 rings (SSSR count). The SMILES string of the molecule is C=CCCOCCNC(=O)Nc1sccc1C(=O)O. The monoisotopic (exact) mass is 284 g/mol. The maximum Gasteiger partial charge on any atom is 0.338 e. The van der Waals surface area contributed by atoms with Crippen LogP contribution in [0.15, 0.2) is 24.1 Å². The Morgan fingerprint density at radius 2 is 2.26 bits per heavy atom. The van der Waals surface area contributed by atoms with E-state index in [1.165, 1.54) is 6.07 Å². The summed E-state index contributed by atoms with van der Waals surface area (Å²) in [6.07, 6.45) is 2.52. The lowest BCUT2D eigenvalue weighted by Gasteiger charge is -2.07. The molecule has 0 spiro atoms. The number of rotatable bonds is 8. The van der Waals surface area contributed by atoms with Crippen molar-refractivity contribution >= 4 is 28.3 Å². The van der Waals surface area contributed by atoms with E-state index in [1.807, 2.05) is 0 Å². The van der Waals surface area contributed by atoms with Crippen molar-refractivity contribution < 1.29 is 19.4 Å². The summed E-state index contributed by atoms with van der Waals surface area (Å²) in [5, 5.41) is 15.9. The Labute approximate surface area is 115 Å². The lowest BCUT2D eigenvalue weighted by molar-refractivity contribution is 0.0698. The predicted molar refractivity (Wildman–Crippen MR) is 73.9 cm³/mol. The number of anilines is 1. The Morgan fingerprint density at radius 1 is 1.47 bits per heavy atom. The summed E-state index contributed by atoms with van der Waals surface area (Å²) in [5.41, 5.74) is 0.0855. The molecule has 0 aliphatic heterocycles. The molecule has 0 radical (unpaired) electrons. The van der Waals surface area contributed by atoms with Gasteiger partial charge in [0.1, 0.15) is 5.00 Å². The molecule has 0 aliphatic rings. The molecule has 0 saturated carbocycles. The molecular formula is C12H16N2O4S. The fourth-order valence-corrected chi connectivity index (χ4v) is 2.00. The van der Waals surface area contributed by atoms with Crippen LogP contribution in [-0.4, -0.2) is 36.9 Å². The van der Waals surface area contributed by atoms with Crippen LogP contribution >= 0.6 is 11.3 Å². The van der Waals surface area contributed by atoms with Gasteiger partial charge in [0.05, 0.1) is 18.8 Å². The molecule has 2 amide bonds. The average molecular weight is 284 g/mol. The quantitative estimate of drug-likeness (QED) is 0.504. The number of thiophene rings is 1. The van der Waals surface area contributed by atoms with Gasteiger partial charge in [-0.1, -0.05) is 6.08 Å². The van der Waals surface area contributed by atoms with Crippen molar-refractivity contribution in [1.82, 2.24) is 5.32 Å². The zero-order valence-corrected chi connectivity index (χ0v) is 11.2. The van der Waals surface area contributed by atoms with E-state index in [1.54, 1.807) is 11.5 Å². The molecular weight excluding hydrogens is 268 g/mol. The number of carboxylic acid groups (broad SMARTS) is 1. The molecule has 7 heteroatoms. The highest BCUT2D eigenvalue weighted by Crippen LogP contribution is 2.22. The number of nitrogens with one attached hydrogen (secondary N) is 2. The maximum absolute atomic E-state index is 11.5. The van der Waals surface area contributed by atoms with Gasteiger partial charge in [-0.3, -0.25) is 5.32 Å². The zero-order chi connectivity index (χ0) is 14.1. The van der Waals surface area contributed by atoms with Crippen LogP contribution in [0.2, 0.25) is 0 Å². The third-order valence-electron chi connectivity index (χ3n) is 2.12. The van der Waals surface area contributed by atoms with Crippen molar-refractivity contribution in [2.45, 2.75) is 6.42 Å². The number of carbonyl (C=O) groups excluding carboxylic acids is 1. The standard InChI is InChI=1S/C12H16N2O4S/c1-2-3-6-18-7-5-13-12(17)14-10-9(11(15)16)4-8-19-10/h2,4,8H,1,3,5-7H2,(H,15,16)(H2,13,14,17). The summed E-state index contributed by atoms with van der Waals surface area (Å²) in [5.74, 6) is -1.07. The minimum atomic E-state index is -1.07. The molecule has 1 heterocycles. The Bertz CT molecular complexity index is 445. The molecule has 0 atom stereocenters. The summed E-state index contributed by atoms with van der Waals surface area (Å²) in [6.45, 7) is 4.89. The van der Waals surface area contributed by atoms with E-state index < -0.39 is 12.0 Å². The minimum Gasteiger partial charge on any atom is -0.478 e. The van der Waals surface area contributed by atoms with Crippen molar-refractivity contribution in [2.75, 3.05) is 25.1 Å². The summed E-state index contributed by atoms with van der Waals surface area (Å²) in [6, 6.07) is 0.998. The summed E-state index contributed by atoms with van der Waals surface area (Å²) >= 11 is 1.16. The molecule has 0 bridgehead atoms. The van der Waals surface area contributed by atoms with Crippen LogP contribution in [-0.2, 0) is 4.74 Å². The van der Waals surface area contributed by atoms with E-state index in [0.29, 0.717) is 24.8 Å². The van der Waals surface area contributed by atoms with Gasteiger partial charge in [0.25, 0.3) is 0 Å². The van der Waals surface area contributed by atoms with Crippen LogP contribution in [0.4, 0.5) is 9.80 Å². The first-order valence-electron chi connectivity index (χ1n) is 5.69. The molecule has 0 saturated heterocycles. The van der Waals surface area contributed by atoms with E-state index in [4.69, 9.17) is 9.84 Å². The fraction of sp³-hybridized carbons (Fsp3) is 0.333. The number of amides is 2. The van der Waals surface area contributed by atoms with E-state index in [2.05, 4.69) is 17.2 Å². The highest BCUT2D eigenvalue weighted by molar-refractivity contribution is 7.14. The van der Waals surface area contributed by atoms with Crippen molar-refractivity contribution in [3.05, 3.63) is 29.7 Å². The Hall–Kier alpha value is -1.86. The van der Waals surface area contributed by atoms with Crippen LogP contribution in [0, 0.1) is 0 Å². The largest absolute Gasteiger partial charge is 0.478 e. The molecule has 6 nitrogen and oxygen atoms in total. The number of ether oxygens (including phenoxy) is 1. The lowest BCUT2D eigenvalue weighted by Crippen LogP contribution is -2.31. The second-order valence-corrected chi connectivity index (χ2v) is 4.46. The molecule has 1 aromatic rings. The van der Waals surface area contributed by atoms with Crippen molar-refractivity contribution in [2.24, 2.45) is 0 Å². The second kappa shape index (κ2) is 8.28. The van der Waals surface area contributed by atoms with E-state index >= 15 is 0 Å². The van der Waals surface area contributed by atoms with Crippen LogP contribution in [0.5, 0.6) is 0 Å². The minimum absolute atomic E-state index is 0.0855. The molecule has 0 fully saturated rings. The van der Waals surface area contributed by atoms with Crippen molar-refractivity contribution in [3.63, 3.8) is 0 Å². The smallest absolute Gasteiger partial charge is 0.338 e. The number of aromatic carboxylic acids is 1. The number of urea groups is 1. The first-order valence-corrected chi connectivity index (χ1v) is 6.57. The molecule has 19 heavy (non-hydrogen) atoms. The number of hydrogen-bond donors (Lipinski definition) is 3. The van der Waals surface area contributed by atoms with Crippen LogP contribution in [0.1, 0.15) is 16.8 Å². The Kier molecular flexibility index (Phi) is 6.62. The first kappa shape index (κ1) is 15.2. The third kappa shape index (κ3) is 5.54. The van der Waals surface area contributed by atoms with Gasteiger partial charge in [0, 0.05) is 6.54 Å². The topological polar surface area (TPSA) is 87.7 Å². The van der Waals surface area contributed by atoms with Gasteiger partial charge < -0.3 is 15.2 Å². The predicted octanol–water partition coefficient (Wildman–Crippen LogP) is 2.16. The highest BCUT2D eigenvalue weighted by atomic mass is 32.1.